The maximum atomic E-state index is 14.7. The van der Waals surface area contributed by atoms with Gasteiger partial charge < -0.3 is 4.74 Å². The van der Waals surface area contributed by atoms with Crippen molar-refractivity contribution in [2.75, 3.05) is 7.11 Å². The highest BCUT2D eigenvalue weighted by Crippen LogP contribution is 2.70. The smallest absolute Gasteiger partial charge is 0.280 e. The highest BCUT2D eigenvalue weighted by atomic mass is 32.2. The lowest BCUT2D eigenvalue weighted by atomic mass is 10.0. The molecule has 0 spiro atoms. The van der Waals surface area contributed by atoms with Gasteiger partial charge in [0, 0.05) is 5.57 Å². The highest BCUT2D eigenvalue weighted by molar-refractivity contribution is 8.00. The maximum absolute atomic E-state index is 14.7. The molecule has 1 fully saturated rings. The Hall–Kier alpha value is -2.21. The highest BCUT2D eigenvalue weighted by Gasteiger charge is 2.74. The van der Waals surface area contributed by atoms with E-state index < -0.39 is 21.2 Å². The van der Waals surface area contributed by atoms with Gasteiger partial charge in [-0.3, -0.25) is 0 Å². The number of alkyl halides is 2. The van der Waals surface area contributed by atoms with Crippen LogP contribution in [-0.2, 0) is 9.84 Å². The lowest BCUT2D eigenvalue weighted by Crippen LogP contribution is -2.06. The first-order chi connectivity index (χ1) is 12.6. The minimum Gasteiger partial charge on any atom is -0.497 e. The number of hydrogen-bond acceptors (Lipinski definition) is 3. The van der Waals surface area contributed by atoms with Crippen molar-refractivity contribution in [2.45, 2.75) is 38.0 Å². The topological polar surface area (TPSA) is 43.4 Å². The molecule has 144 valence electrons. The van der Waals surface area contributed by atoms with Crippen molar-refractivity contribution in [2.24, 2.45) is 5.41 Å². The fourth-order valence-corrected chi connectivity index (χ4v) is 5.10. The van der Waals surface area contributed by atoms with Gasteiger partial charge in [-0.2, -0.15) is 0 Å². The number of halogens is 2. The van der Waals surface area contributed by atoms with Crippen molar-refractivity contribution in [1.29, 1.82) is 0 Å². The summed E-state index contributed by atoms with van der Waals surface area (Å²) in [7, 11) is -2.63. The van der Waals surface area contributed by atoms with E-state index in [2.05, 4.69) is 0 Å². The lowest BCUT2D eigenvalue weighted by Gasteiger charge is -2.12. The summed E-state index contributed by atoms with van der Waals surface area (Å²) in [5.74, 6) is -2.63. The van der Waals surface area contributed by atoms with Crippen LogP contribution >= 0.6 is 0 Å². The van der Waals surface area contributed by atoms with Crippen LogP contribution in [0, 0.1) is 12.3 Å². The average Bonchev–Trinajstić information content (AvgIpc) is 3.09. The van der Waals surface area contributed by atoms with Crippen molar-refractivity contribution in [3.8, 4) is 5.75 Å². The number of aryl methyl sites for hydroxylation is 1. The Balaban J connectivity index is 2.28. The van der Waals surface area contributed by atoms with Gasteiger partial charge in [0.1, 0.15) is 5.75 Å². The van der Waals surface area contributed by atoms with E-state index in [4.69, 9.17) is 4.74 Å². The number of benzene rings is 2. The van der Waals surface area contributed by atoms with E-state index in [0.29, 0.717) is 5.75 Å². The molecular weight excluding hydrogens is 370 g/mol. The first kappa shape index (κ1) is 19.5. The van der Waals surface area contributed by atoms with Gasteiger partial charge in [0.25, 0.3) is 5.92 Å². The Bertz CT molecular complexity index is 991. The molecule has 0 radical (unpaired) electrons. The number of sulfone groups is 1. The van der Waals surface area contributed by atoms with Crippen molar-refractivity contribution < 1.29 is 21.9 Å². The van der Waals surface area contributed by atoms with Crippen LogP contribution in [0.1, 0.15) is 31.4 Å². The van der Waals surface area contributed by atoms with E-state index >= 15 is 0 Å². The van der Waals surface area contributed by atoms with E-state index in [-0.39, 0.29) is 27.4 Å². The van der Waals surface area contributed by atoms with Gasteiger partial charge in [0.2, 0.25) is 9.84 Å². The van der Waals surface area contributed by atoms with Crippen molar-refractivity contribution >= 4 is 14.7 Å². The van der Waals surface area contributed by atoms with Crippen molar-refractivity contribution in [3.63, 3.8) is 0 Å². The molecule has 1 saturated carbocycles. The summed E-state index contributed by atoms with van der Waals surface area (Å²) in [6.45, 7) is 4.89. The largest absolute Gasteiger partial charge is 0.497 e. The summed E-state index contributed by atoms with van der Waals surface area (Å²) in [6, 6.07) is 12.4. The molecule has 1 aliphatic rings. The zero-order valence-electron chi connectivity index (χ0n) is 15.7. The van der Waals surface area contributed by atoms with Gasteiger partial charge >= 0.3 is 0 Å². The third-order valence-electron chi connectivity index (χ3n) is 5.38. The molecule has 6 heteroatoms. The number of ether oxygens (including phenoxy) is 1. The molecule has 0 heterocycles. The standard InChI is InChI=1S/C21H22F2O3S/c1-5-20(3)19(21(20,22)23)18(15-8-10-16(26-4)11-9-15)27(24,25)17-12-6-14(2)7-13-17/h6-13H,5H2,1-4H3/b19-18+. The molecule has 0 aromatic heterocycles. The molecule has 0 aliphatic heterocycles. The predicted octanol–water partition coefficient (Wildman–Crippen LogP) is 5.25. The van der Waals surface area contributed by atoms with Crippen molar-refractivity contribution in [1.82, 2.24) is 0 Å². The third kappa shape index (κ3) is 2.96. The monoisotopic (exact) mass is 392 g/mol. The van der Waals surface area contributed by atoms with Gasteiger partial charge in [0.05, 0.1) is 22.3 Å². The van der Waals surface area contributed by atoms with Crippen LogP contribution in [0.5, 0.6) is 5.75 Å². The Kier molecular flexibility index (Phi) is 4.67. The quantitative estimate of drug-likeness (QED) is 0.698. The second-order valence-electron chi connectivity index (χ2n) is 7.01. The van der Waals surface area contributed by atoms with Gasteiger partial charge in [-0.15, -0.1) is 0 Å². The fraction of sp³-hybridized carbons (Fsp3) is 0.333. The van der Waals surface area contributed by atoms with E-state index in [1.54, 1.807) is 31.2 Å². The summed E-state index contributed by atoms with van der Waals surface area (Å²) in [6.07, 6.45) is 0.151. The molecule has 3 nitrogen and oxygen atoms in total. The van der Waals surface area contributed by atoms with E-state index in [9.17, 15) is 17.2 Å². The minimum absolute atomic E-state index is 0.00701. The van der Waals surface area contributed by atoms with Gasteiger partial charge in [-0.25, -0.2) is 17.2 Å². The number of hydrogen-bond donors (Lipinski definition) is 0. The number of rotatable bonds is 5. The Morgan fingerprint density at radius 3 is 2.04 bits per heavy atom. The minimum atomic E-state index is -4.12. The first-order valence-electron chi connectivity index (χ1n) is 8.69. The third-order valence-corrected chi connectivity index (χ3v) is 7.25. The van der Waals surface area contributed by atoms with Gasteiger partial charge in [0.15, 0.2) is 0 Å². The number of methoxy groups -OCH3 is 1. The lowest BCUT2D eigenvalue weighted by molar-refractivity contribution is 0.0742. The second kappa shape index (κ2) is 6.44. The van der Waals surface area contributed by atoms with Crippen LogP contribution in [-0.4, -0.2) is 21.5 Å². The maximum Gasteiger partial charge on any atom is 0.280 e. The molecule has 2 aromatic rings. The van der Waals surface area contributed by atoms with Crippen LogP contribution in [0.2, 0.25) is 0 Å². The number of allylic oxidation sites excluding steroid dienone is 1. The molecule has 1 unspecified atom stereocenters. The normalized spacial score (nSPS) is 23.0. The predicted molar refractivity (Wildman–Crippen MR) is 102 cm³/mol. The second-order valence-corrected chi connectivity index (χ2v) is 8.90. The zero-order valence-corrected chi connectivity index (χ0v) is 16.5. The summed E-state index contributed by atoms with van der Waals surface area (Å²) < 4.78 is 61.2. The summed E-state index contributed by atoms with van der Waals surface area (Å²) >= 11 is 0. The molecule has 2 aromatic carbocycles. The summed E-state index contributed by atoms with van der Waals surface area (Å²) in [4.78, 5) is -0.295. The average molecular weight is 392 g/mol. The van der Waals surface area contributed by atoms with E-state index in [0.717, 1.165) is 5.56 Å². The zero-order chi connectivity index (χ0) is 20.0. The Morgan fingerprint density at radius 1 is 1.04 bits per heavy atom. The van der Waals surface area contributed by atoms with Gasteiger partial charge in [-0.05, 0) is 62.2 Å². The fourth-order valence-electron chi connectivity index (χ4n) is 3.30. The molecule has 0 N–H and O–H groups in total. The SMILES string of the molecule is CCC1(C)/C(=C(/c2ccc(OC)cc2)S(=O)(=O)c2ccc(C)cc2)C1(F)F. The van der Waals surface area contributed by atoms with E-state index in [1.807, 2.05) is 6.92 Å². The van der Waals surface area contributed by atoms with Crippen molar-refractivity contribution in [3.05, 3.63) is 65.2 Å². The Morgan fingerprint density at radius 2 is 1.59 bits per heavy atom. The van der Waals surface area contributed by atoms with Crippen LogP contribution in [0.15, 0.2) is 59.0 Å². The molecule has 0 saturated heterocycles. The molecule has 0 amide bonds. The van der Waals surface area contributed by atoms with Crippen LogP contribution < -0.4 is 4.74 Å². The first-order valence-corrected chi connectivity index (χ1v) is 10.2. The van der Waals surface area contributed by atoms with E-state index in [1.165, 1.54) is 38.3 Å². The van der Waals surface area contributed by atoms with Gasteiger partial charge in [-0.1, -0.05) is 24.6 Å². The molecule has 1 aliphatic carbocycles. The van der Waals surface area contributed by atoms with Crippen LogP contribution in [0.4, 0.5) is 8.78 Å². The molecule has 0 bridgehead atoms. The van der Waals surface area contributed by atoms with Crippen LogP contribution in [0.3, 0.4) is 0 Å². The summed E-state index contributed by atoms with van der Waals surface area (Å²) in [5.41, 5.74) is -0.644. The molecular formula is C21H22F2O3S. The molecule has 27 heavy (non-hydrogen) atoms. The molecule has 3 rings (SSSR count). The molecule has 1 atom stereocenters. The summed E-state index contributed by atoms with van der Waals surface area (Å²) in [5, 5.41) is 0. The van der Waals surface area contributed by atoms with Crippen LogP contribution in [0.25, 0.3) is 4.91 Å². The Labute approximate surface area is 158 Å².